The van der Waals surface area contributed by atoms with Crippen molar-refractivity contribution in [1.29, 1.82) is 0 Å². The van der Waals surface area contributed by atoms with Crippen LogP contribution in [0.15, 0.2) is 83.8 Å². The van der Waals surface area contributed by atoms with E-state index in [1.54, 1.807) is 42.5 Å². The predicted octanol–water partition coefficient (Wildman–Crippen LogP) is 2.75. The molecule has 164 valence electrons. The number of anilines is 1. The van der Waals surface area contributed by atoms with Gasteiger partial charge in [0.2, 0.25) is 10.0 Å². The van der Waals surface area contributed by atoms with Crippen molar-refractivity contribution in [1.82, 2.24) is 0 Å². The first-order valence-electron chi connectivity index (χ1n) is 9.50. The minimum atomic E-state index is -3.85. The van der Waals surface area contributed by atoms with Gasteiger partial charge in [0.05, 0.1) is 10.5 Å². The molecule has 1 amide bonds. The standard InChI is InChI=1S/C23H20N2O6S/c1-15(22(27)25-17-11-13-18(14-12-17)32(24,29)30)31-23(28)20-10-6-5-9-19(20)21(26)16-7-3-2-4-8-16/h2-15H,1H3,(H,25,27)(H2,24,29,30). The maximum absolute atomic E-state index is 12.8. The van der Waals surface area contributed by atoms with Crippen LogP contribution in [0.1, 0.15) is 33.2 Å². The first kappa shape index (κ1) is 22.9. The number of primary sulfonamides is 1. The van der Waals surface area contributed by atoms with Crippen molar-refractivity contribution in [3.63, 3.8) is 0 Å². The van der Waals surface area contributed by atoms with Gasteiger partial charge >= 0.3 is 5.97 Å². The first-order valence-corrected chi connectivity index (χ1v) is 11.0. The quantitative estimate of drug-likeness (QED) is 0.418. The van der Waals surface area contributed by atoms with E-state index in [4.69, 9.17) is 9.88 Å². The van der Waals surface area contributed by atoms with Crippen molar-refractivity contribution < 1.29 is 27.5 Å². The molecule has 0 aliphatic carbocycles. The Balaban J connectivity index is 1.71. The van der Waals surface area contributed by atoms with Crippen molar-refractivity contribution in [3.05, 3.63) is 95.6 Å². The Bertz CT molecular complexity index is 1260. The molecule has 0 saturated heterocycles. The fraction of sp³-hybridized carbons (Fsp3) is 0.0870. The number of amides is 1. The number of hydrogen-bond donors (Lipinski definition) is 2. The Morgan fingerprint density at radius 3 is 2.00 bits per heavy atom. The van der Waals surface area contributed by atoms with Gasteiger partial charge in [0.1, 0.15) is 0 Å². The summed E-state index contributed by atoms with van der Waals surface area (Å²) >= 11 is 0. The third kappa shape index (κ3) is 5.45. The number of hydrogen-bond acceptors (Lipinski definition) is 6. The molecule has 0 aromatic heterocycles. The number of benzene rings is 3. The lowest BCUT2D eigenvalue weighted by atomic mass is 9.98. The molecule has 9 heteroatoms. The van der Waals surface area contributed by atoms with Crippen molar-refractivity contribution in [2.45, 2.75) is 17.9 Å². The van der Waals surface area contributed by atoms with Gasteiger partial charge in [-0.05, 0) is 37.3 Å². The Morgan fingerprint density at radius 1 is 0.844 bits per heavy atom. The lowest BCUT2D eigenvalue weighted by Gasteiger charge is -2.15. The first-order chi connectivity index (χ1) is 15.2. The summed E-state index contributed by atoms with van der Waals surface area (Å²) in [7, 11) is -3.85. The molecule has 1 atom stereocenters. The minimum absolute atomic E-state index is 0.0403. The van der Waals surface area contributed by atoms with Crippen LogP contribution >= 0.6 is 0 Å². The van der Waals surface area contributed by atoms with Crippen molar-refractivity contribution in [3.8, 4) is 0 Å². The van der Waals surface area contributed by atoms with E-state index >= 15 is 0 Å². The average Bonchev–Trinajstić information content (AvgIpc) is 2.78. The summed E-state index contributed by atoms with van der Waals surface area (Å²) in [5.41, 5.74) is 0.917. The Kier molecular flexibility index (Phi) is 6.82. The Hall–Kier alpha value is -3.82. The minimum Gasteiger partial charge on any atom is -0.449 e. The number of carbonyl (C=O) groups excluding carboxylic acids is 3. The van der Waals surface area contributed by atoms with Crippen LogP contribution in [0.2, 0.25) is 0 Å². The van der Waals surface area contributed by atoms with Crippen LogP contribution in [0.3, 0.4) is 0 Å². The van der Waals surface area contributed by atoms with Gasteiger partial charge in [0, 0.05) is 16.8 Å². The second-order valence-electron chi connectivity index (χ2n) is 6.85. The fourth-order valence-corrected chi connectivity index (χ4v) is 3.37. The van der Waals surface area contributed by atoms with E-state index in [9.17, 15) is 22.8 Å². The maximum atomic E-state index is 12.8. The maximum Gasteiger partial charge on any atom is 0.339 e. The zero-order valence-corrected chi connectivity index (χ0v) is 17.8. The molecule has 3 aromatic rings. The smallest absolute Gasteiger partial charge is 0.339 e. The molecule has 0 radical (unpaired) electrons. The number of sulfonamides is 1. The molecule has 3 aromatic carbocycles. The monoisotopic (exact) mass is 452 g/mol. The van der Waals surface area contributed by atoms with E-state index in [1.165, 1.54) is 43.3 Å². The third-order valence-corrected chi connectivity index (χ3v) is 5.46. The summed E-state index contributed by atoms with van der Waals surface area (Å²) < 4.78 is 27.9. The summed E-state index contributed by atoms with van der Waals surface area (Å²) in [4.78, 5) is 37.8. The highest BCUT2D eigenvalue weighted by molar-refractivity contribution is 7.89. The summed E-state index contributed by atoms with van der Waals surface area (Å²) in [5, 5.41) is 7.56. The summed E-state index contributed by atoms with van der Waals surface area (Å²) in [6.07, 6.45) is -1.18. The number of nitrogens with two attached hydrogens (primary N) is 1. The van der Waals surface area contributed by atoms with E-state index < -0.39 is 28.0 Å². The molecule has 0 aliphatic heterocycles. The van der Waals surface area contributed by atoms with Gasteiger partial charge in [-0.1, -0.05) is 48.5 Å². The second-order valence-corrected chi connectivity index (χ2v) is 8.41. The lowest BCUT2D eigenvalue weighted by molar-refractivity contribution is -0.123. The average molecular weight is 452 g/mol. The van der Waals surface area contributed by atoms with E-state index in [-0.39, 0.29) is 21.8 Å². The number of nitrogens with one attached hydrogen (secondary N) is 1. The van der Waals surface area contributed by atoms with Gasteiger partial charge in [-0.3, -0.25) is 9.59 Å². The van der Waals surface area contributed by atoms with Crippen molar-refractivity contribution >= 4 is 33.4 Å². The highest BCUT2D eigenvalue weighted by Gasteiger charge is 2.23. The topological polar surface area (TPSA) is 133 Å². The molecule has 3 rings (SSSR count). The Morgan fingerprint density at radius 2 is 1.41 bits per heavy atom. The molecule has 32 heavy (non-hydrogen) atoms. The highest BCUT2D eigenvalue weighted by Crippen LogP contribution is 2.17. The summed E-state index contributed by atoms with van der Waals surface area (Å²) in [5.74, 6) is -1.80. The molecule has 8 nitrogen and oxygen atoms in total. The van der Waals surface area contributed by atoms with Crippen LogP contribution in [-0.2, 0) is 19.6 Å². The number of ketones is 1. The summed E-state index contributed by atoms with van der Waals surface area (Å²) in [6, 6.07) is 19.9. The SMILES string of the molecule is CC(OC(=O)c1ccccc1C(=O)c1ccccc1)C(=O)Nc1ccc(S(N)(=O)=O)cc1. The molecule has 0 heterocycles. The van der Waals surface area contributed by atoms with Gasteiger partial charge in [-0.2, -0.15) is 0 Å². The van der Waals surface area contributed by atoms with Gasteiger partial charge in [-0.25, -0.2) is 18.4 Å². The predicted molar refractivity (Wildman–Crippen MR) is 118 cm³/mol. The Labute approximate surface area is 185 Å². The molecule has 0 spiro atoms. The fourth-order valence-electron chi connectivity index (χ4n) is 2.85. The van der Waals surface area contributed by atoms with Gasteiger partial charge in [0.25, 0.3) is 5.91 Å². The number of rotatable bonds is 7. The molecule has 3 N–H and O–H groups in total. The lowest BCUT2D eigenvalue weighted by Crippen LogP contribution is -2.30. The normalized spacial score (nSPS) is 11.9. The van der Waals surface area contributed by atoms with Crippen LogP contribution in [0.5, 0.6) is 0 Å². The number of carbonyl (C=O) groups is 3. The van der Waals surface area contributed by atoms with E-state index in [0.717, 1.165) is 0 Å². The highest BCUT2D eigenvalue weighted by atomic mass is 32.2. The molecular weight excluding hydrogens is 432 g/mol. The van der Waals surface area contributed by atoms with Crippen molar-refractivity contribution in [2.24, 2.45) is 5.14 Å². The summed E-state index contributed by atoms with van der Waals surface area (Å²) in [6.45, 7) is 1.38. The zero-order chi connectivity index (χ0) is 23.3. The van der Waals surface area contributed by atoms with E-state index in [2.05, 4.69) is 5.32 Å². The van der Waals surface area contributed by atoms with E-state index in [1.807, 2.05) is 0 Å². The largest absolute Gasteiger partial charge is 0.449 e. The molecule has 0 fully saturated rings. The van der Waals surface area contributed by atoms with Gasteiger partial charge < -0.3 is 10.1 Å². The van der Waals surface area contributed by atoms with Crippen LogP contribution in [0.25, 0.3) is 0 Å². The number of ether oxygens (including phenoxy) is 1. The third-order valence-electron chi connectivity index (χ3n) is 4.53. The molecule has 1 unspecified atom stereocenters. The van der Waals surface area contributed by atoms with Gasteiger partial charge in [0.15, 0.2) is 11.9 Å². The molecule has 0 aliphatic rings. The zero-order valence-electron chi connectivity index (χ0n) is 17.0. The van der Waals surface area contributed by atoms with Crippen LogP contribution in [-0.4, -0.2) is 32.2 Å². The molecule has 0 saturated carbocycles. The van der Waals surface area contributed by atoms with Crippen molar-refractivity contribution in [2.75, 3.05) is 5.32 Å². The number of esters is 1. The van der Waals surface area contributed by atoms with Crippen LogP contribution in [0, 0.1) is 0 Å². The van der Waals surface area contributed by atoms with Gasteiger partial charge in [-0.15, -0.1) is 0 Å². The van der Waals surface area contributed by atoms with E-state index in [0.29, 0.717) is 11.3 Å². The second kappa shape index (κ2) is 9.54. The van der Waals surface area contributed by atoms with Crippen LogP contribution in [0.4, 0.5) is 5.69 Å². The van der Waals surface area contributed by atoms with Crippen LogP contribution < -0.4 is 10.5 Å². The molecular formula is C23H20N2O6S. The molecule has 0 bridgehead atoms.